The molecule has 2 rings (SSSR count). The molecule has 1 aliphatic rings. The molecule has 0 unspecified atom stereocenters. The van der Waals surface area contributed by atoms with E-state index in [0.717, 1.165) is 11.0 Å². The van der Waals surface area contributed by atoms with Gasteiger partial charge in [0.05, 0.1) is 6.61 Å². The number of piperidine rings is 1. The van der Waals surface area contributed by atoms with E-state index >= 15 is 0 Å². The summed E-state index contributed by atoms with van der Waals surface area (Å²) in [6, 6.07) is 7.11. The number of nitrogens with zero attached hydrogens (tertiary/aromatic N) is 1. The van der Waals surface area contributed by atoms with Gasteiger partial charge in [-0.25, -0.2) is 17.9 Å². The third-order valence-corrected chi connectivity index (χ3v) is 5.73. The zero-order valence-corrected chi connectivity index (χ0v) is 19.0. The first kappa shape index (κ1) is 25.3. The normalized spacial score (nSPS) is 14.9. The number of ether oxygens (including phenoxy) is 2. The first-order valence-electron chi connectivity index (χ1n) is 10.3. The van der Waals surface area contributed by atoms with Crippen LogP contribution in [0.15, 0.2) is 29.7 Å². The van der Waals surface area contributed by atoms with E-state index in [1.165, 1.54) is 6.08 Å². The van der Waals surface area contributed by atoms with Crippen molar-refractivity contribution in [1.82, 2.24) is 14.9 Å². The Balaban J connectivity index is 1.66. The quantitative estimate of drug-likeness (QED) is 0.521. The SMILES string of the molecule is CCOC(=O)N1CCC(NC(=O)COC(=O)CNS(=O)(=O)/C=C/c2ccc(C)cc2)CC1. The molecule has 32 heavy (non-hydrogen) atoms. The molecule has 0 atom stereocenters. The number of carbonyl (C=O) groups is 3. The van der Waals surface area contributed by atoms with Crippen molar-refractivity contribution in [2.24, 2.45) is 0 Å². The lowest BCUT2D eigenvalue weighted by Crippen LogP contribution is -2.47. The summed E-state index contributed by atoms with van der Waals surface area (Å²) in [4.78, 5) is 37.0. The Morgan fingerprint density at radius 1 is 1.12 bits per heavy atom. The second-order valence-corrected chi connectivity index (χ2v) is 8.92. The predicted octanol–water partition coefficient (Wildman–Crippen LogP) is 1.17. The summed E-state index contributed by atoms with van der Waals surface area (Å²) in [5, 5.41) is 3.69. The van der Waals surface area contributed by atoms with Crippen molar-refractivity contribution in [3.8, 4) is 0 Å². The number of nitrogens with one attached hydrogen (secondary N) is 2. The third kappa shape index (κ3) is 9.06. The number of rotatable bonds is 9. The standard InChI is InChI=1S/C21H29N3O7S/c1-3-30-21(27)24-11-8-18(9-12-24)23-19(25)15-31-20(26)14-22-32(28,29)13-10-17-6-4-16(2)5-7-17/h4-7,10,13,18,22H,3,8-9,11-12,14-15H2,1-2H3,(H,23,25)/b13-10+. The topological polar surface area (TPSA) is 131 Å². The Bertz CT molecular complexity index is 921. The molecule has 2 amide bonds. The van der Waals surface area contributed by atoms with E-state index in [-0.39, 0.29) is 12.1 Å². The van der Waals surface area contributed by atoms with Gasteiger partial charge in [0, 0.05) is 24.5 Å². The van der Waals surface area contributed by atoms with Crippen molar-refractivity contribution in [3.05, 3.63) is 40.8 Å². The van der Waals surface area contributed by atoms with Gasteiger partial charge in [-0.15, -0.1) is 0 Å². The van der Waals surface area contributed by atoms with E-state index in [2.05, 4.69) is 10.0 Å². The van der Waals surface area contributed by atoms with Crippen LogP contribution in [-0.4, -0.2) is 70.2 Å². The maximum Gasteiger partial charge on any atom is 0.409 e. The van der Waals surface area contributed by atoms with Crippen LogP contribution in [-0.2, 0) is 29.1 Å². The average molecular weight is 468 g/mol. The summed E-state index contributed by atoms with van der Waals surface area (Å²) in [5.41, 5.74) is 1.75. The maximum atomic E-state index is 12.0. The van der Waals surface area contributed by atoms with Gasteiger partial charge in [-0.2, -0.15) is 0 Å². The zero-order valence-electron chi connectivity index (χ0n) is 18.2. The summed E-state index contributed by atoms with van der Waals surface area (Å²) in [6.07, 6.45) is 2.16. The number of carbonyl (C=O) groups excluding carboxylic acids is 3. The molecule has 1 fully saturated rings. The van der Waals surface area contributed by atoms with Crippen molar-refractivity contribution < 1.29 is 32.3 Å². The summed E-state index contributed by atoms with van der Waals surface area (Å²) < 4.78 is 35.8. The lowest BCUT2D eigenvalue weighted by atomic mass is 10.1. The van der Waals surface area contributed by atoms with E-state index in [4.69, 9.17) is 9.47 Å². The van der Waals surface area contributed by atoms with E-state index in [9.17, 15) is 22.8 Å². The van der Waals surface area contributed by atoms with Gasteiger partial charge < -0.3 is 19.7 Å². The molecular formula is C21H29N3O7S. The van der Waals surface area contributed by atoms with Crippen LogP contribution in [0, 0.1) is 6.92 Å². The van der Waals surface area contributed by atoms with Gasteiger partial charge in [0.25, 0.3) is 5.91 Å². The van der Waals surface area contributed by atoms with Crippen LogP contribution in [0.5, 0.6) is 0 Å². The molecule has 0 saturated carbocycles. The third-order valence-electron chi connectivity index (χ3n) is 4.69. The molecule has 1 aliphatic heterocycles. The Kier molecular flexibility index (Phi) is 9.66. The summed E-state index contributed by atoms with van der Waals surface area (Å²) in [7, 11) is -3.84. The number of amides is 2. The molecule has 2 N–H and O–H groups in total. The highest BCUT2D eigenvalue weighted by Gasteiger charge is 2.24. The van der Waals surface area contributed by atoms with Crippen LogP contribution in [0.3, 0.4) is 0 Å². The number of aryl methyl sites for hydroxylation is 1. The van der Waals surface area contributed by atoms with Crippen LogP contribution < -0.4 is 10.0 Å². The molecule has 176 valence electrons. The molecule has 0 aliphatic carbocycles. The molecule has 1 saturated heterocycles. The molecule has 0 bridgehead atoms. The summed E-state index contributed by atoms with van der Waals surface area (Å²) in [5.74, 6) is -1.36. The van der Waals surface area contributed by atoms with E-state index in [1.54, 1.807) is 24.0 Å². The molecule has 10 nitrogen and oxygen atoms in total. The lowest BCUT2D eigenvalue weighted by Gasteiger charge is -2.31. The van der Waals surface area contributed by atoms with Crippen molar-refractivity contribution in [2.45, 2.75) is 32.7 Å². The fourth-order valence-corrected chi connectivity index (χ4v) is 3.69. The molecule has 0 aromatic heterocycles. The van der Waals surface area contributed by atoms with Crippen LogP contribution in [0.4, 0.5) is 4.79 Å². The molecule has 0 spiro atoms. The zero-order chi connectivity index (χ0) is 23.6. The van der Waals surface area contributed by atoms with Crippen LogP contribution in [0.25, 0.3) is 6.08 Å². The highest BCUT2D eigenvalue weighted by Crippen LogP contribution is 2.11. The van der Waals surface area contributed by atoms with Gasteiger partial charge in [-0.3, -0.25) is 9.59 Å². The summed E-state index contributed by atoms with van der Waals surface area (Å²) >= 11 is 0. The van der Waals surface area contributed by atoms with Crippen LogP contribution in [0.2, 0.25) is 0 Å². The van der Waals surface area contributed by atoms with Crippen molar-refractivity contribution in [2.75, 3.05) is 32.8 Å². The highest BCUT2D eigenvalue weighted by atomic mass is 32.2. The molecule has 1 heterocycles. The van der Waals surface area contributed by atoms with Gasteiger partial charge in [-0.05, 0) is 38.3 Å². The van der Waals surface area contributed by atoms with E-state index in [1.807, 2.05) is 19.1 Å². The Hall–Kier alpha value is -2.92. The smallest absolute Gasteiger partial charge is 0.409 e. The van der Waals surface area contributed by atoms with E-state index < -0.39 is 35.1 Å². The summed E-state index contributed by atoms with van der Waals surface area (Å²) in [6.45, 7) is 3.78. The monoisotopic (exact) mass is 467 g/mol. The van der Waals surface area contributed by atoms with Crippen LogP contribution >= 0.6 is 0 Å². The van der Waals surface area contributed by atoms with Crippen molar-refractivity contribution in [1.29, 1.82) is 0 Å². The minimum absolute atomic E-state index is 0.141. The Morgan fingerprint density at radius 2 is 1.78 bits per heavy atom. The Labute approximate surface area is 188 Å². The van der Waals surface area contributed by atoms with Crippen molar-refractivity contribution in [3.63, 3.8) is 0 Å². The fraction of sp³-hybridized carbons (Fsp3) is 0.476. The van der Waals surface area contributed by atoms with Crippen molar-refractivity contribution >= 4 is 34.1 Å². The first-order chi connectivity index (χ1) is 15.2. The number of sulfonamides is 1. The number of likely N-dealkylation sites (tertiary alicyclic amines) is 1. The number of esters is 1. The van der Waals surface area contributed by atoms with Gasteiger partial charge in [0.15, 0.2) is 6.61 Å². The highest BCUT2D eigenvalue weighted by molar-refractivity contribution is 7.92. The number of benzene rings is 1. The lowest BCUT2D eigenvalue weighted by molar-refractivity contribution is -0.147. The van der Waals surface area contributed by atoms with E-state index in [0.29, 0.717) is 38.1 Å². The van der Waals surface area contributed by atoms with Gasteiger partial charge in [0.1, 0.15) is 6.54 Å². The van der Waals surface area contributed by atoms with Crippen LogP contribution in [0.1, 0.15) is 30.9 Å². The second kappa shape index (κ2) is 12.2. The Morgan fingerprint density at radius 3 is 2.41 bits per heavy atom. The molecule has 0 radical (unpaired) electrons. The first-order valence-corrected chi connectivity index (χ1v) is 11.8. The van der Waals surface area contributed by atoms with Gasteiger partial charge >= 0.3 is 12.1 Å². The van der Waals surface area contributed by atoms with Gasteiger partial charge in [-0.1, -0.05) is 29.8 Å². The number of hydrogen-bond donors (Lipinski definition) is 2. The second-order valence-electron chi connectivity index (χ2n) is 7.27. The molecular weight excluding hydrogens is 438 g/mol. The van der Waals surface area contributed by atoms with Gasteiger partial charge in [0.2, 0.25) is 10.0 Å². The minimum atomic E-state index is -3.84. The number of hydrogen-bond acceptors (Lipinski definition) is 7. The fourth-order valence-electron chi connectivity index (χ4n) is 2.94. The average Bonchev–Trinajstić information content (AvgIpc) is 2.77. The molecule has 1 aromatic rings. The minimum Gasteiger partial charge on any atom is -0.455 e. The maximum absolute atomic E-state index is 12.0. The predicted molar refractivity (Wildman–Crippen MR) is 118 cm³/mol. The largest absolute Gasteiger partial charge is 0.455 e. The molecule has 11 heteroatoms. The molecule has 1 aromatic carbocycles.